The summed E-state index contributed by atoms with van der Waals surface area (Å²) in [6.45, 7) is 1.56. The monoisotopic (exact) mass is 425 g/mol. The van der Waals surface area contributed by atoms with Crippen molar-refractivity contribution in [2.75, 3.05) is 18.4 Å². The van der Waals surface area contributed by atoms with Crippen LogP contribution in [-0.4, -0.2) is 41.8 Å². The molecule has 164 valence electrons. The van der Waals surface area contributed by atoms with Gasteiger partial charge in [-0.15, -0.1) is 0 Å². The number of carbonyl (C=O) groups is 3. The maximum absolute atomic E-state index is 13.6. The summed E-state index contributed by atoms with van der Waals surface area (Å²) < 4.78 is 13.6. The lowest BCUT2D eigenvalue weighted by molar-refractivity contribution is -0.125. The number of hydrogen-bond donors (Lipinski definition) is 2. The highest BCUT2D eigenvalue weighted by Gasteiger charge is 2.28. The third-order valence-electron chi connectivity index (χ3n) is 5.41. The molecule has 0 unspecified atom stereocenters. The van der Waals surface area contributed by atoms with E-state index in [0.717, 1.165) is 37.7 Å². The number of nitrogens with one attached hydrogen (secondary N) is 2. The van der Waals surface area contributed by atoms with E-state index in [1.807, 2.05) is 25.1 Å². The topological polar surface area (TPSA) is 78.5 Å². The number of aryl methyl sites for hydroxylation is 1. The van der Waals surface area contributed by atoms with Gasteiger partial charge in [0.25, 0.3) is 5.91 Å². The molecule has 1 aliphatic rings. The molecule has 2 aromatic rings. The van der Waals surface area contributed by atoms with Crippen LogP contribution in [0.4, 0.5) is 10.1 Å². The van der Waals surface area contributed by atoms with Gasteiger partial charge in [0, 0.05) is 17.3 Å². The van der Waals surface area contributed by atoms with Crippen molar-refractivity contribution in [2.24, 2.45) is 0 Å². The average Bonchev–Trinajstić information content (AvgIpc) is 2.76. The third kappa shape index (κ3) is 6.64. The van der Waals surface area contributed by atoms with Crippen molar-refractivity contribution < 1.29 is 18.8 Å². The maximum Gasteiger partial charge on any atom is 0.254 e. The van der Waals surface area contributed by atoms with Crippen LogP contribution >= 0.6 is 0 Å². The van der Waals surface area contributed by atoms with Crippen molar-refractivity contribution in [3.05, 3.63) is 65.5 Å². The number of anilines is 1. The highest BCUT2D eigenvalue weighted by atomic mass is 19.1. The van der Waals surface area contributed by atoms with Gasteiger partial charge in [0.15, 0.2) is 0 Å². The van der Waals surface area contributed by atoms with Gasteiger partial charge in [-0.2, -0.15) is 0 Å². The Kier molecular flexibility index (Phi) is 7.76. The predicted octanol–water partition coefficient (Wildman–Crippen LogP) is 3.66. The van der Waals surface area contributed by atoms with Gasteiger partial charge in [-0.3, -0.25) is 14.4 Å². The molecule has 7 heteroatoms. The fourth-order valence-electron chi connectivity index (χ4n) is 3.86. The van der Waals surface area contributed by atoms with E-state index in [1.165, 1.54) is 23.1 Å². The van der Waals surface area contributed by atoms with E-state index in [2.05, 4.69) is 10.6 Å². The highest BCUT2D eigenvalue weighted by molar-refractivity contribution is 5.98. The molecule has 0 atom stereocenters. The lowest BCUT2D eigenvalue weighted by atomic mass is 9.93. The number of benzene rings is 2. The van der Waals surface area contributed by atoms with Gasteiger partial charge in [-0.25, -0.2) is 4.39 Å². The van der Waals surface area contributed by atoms with Crippen molar-refractivity contribution in [1.82, 2.24) is 10.2 Å². The number of halogens is 1. The van der Waals surface area contributed by atoms with Gasteiger partial charge >= 0.3 is 0 Å². The number of hydrogen-bond acceptors (Lipinski definition) is 3. The Balaban J connectivity index is 1.61. The normalized spacial score (nSPS) is 14.0. The van der Waals surface area contributed by atoms with Crippen LogP contribution in [0.3, 0.4) is 0 Å². The summed E-state index contributed by atoms with van der Waals surface area (Å²) in [7, 11) is 0. The van der Waals surface area contributed by atoms with Crippen molar-refractivity contribution in [2.45, 2.75) is 45.1 Å². The Labute approximate surface area is 181 Å². The molecule has 0 spiro atoms. The van der Waals surface area contributed by atoms with Crippen LogP contribution in [0.25, 0.3) is 0 Å². The largest absolute Gasteiger partial charge is 0.345 e. The van der Waals surface area contributed by atoms with Crippen molar-refractivity contribution in [1.29, 1.82) is 0 Å². The summed E-state index contributed by atoms with van der Waals surface area (Å²) in [5.41, 5.74) is 1.89. The van der Waals surface area contributed by atoms with E-state index in [-0.39, 0.29) is 36.5 Å². The number of carbonyl (C=O) groups excluding carboxylic acids is 3. The van der Waals surface area contributed by atoms with Gasteiger partial charge in [0.05, 0.1) is 6.54 Å². The molecule has 0 heterocycles. The zero-order chi connectivity index (χ0) is 22.2. The Hall–Kier alpha value is -3.22. The fraction of sp³-hybridized carbons (Fsp3) is 0.375. The molecule has 0 bridgehead atoms. The first-order valence-corrected chi connectivity index (χ1v) is 10.6. The average molecular weight is 426 g/mol. The smallest absolute Gasteiger partial charge is 0.254 e. The van der Waals surface area contributed by atoms with Gasteiger partial charge in [-0.1, -0.05) is 37.5 Å². The summed E-state index contributed by atoms with van der Waals surface area (Å²) >= 11 is 0. The zero-order valence-electron chi connectivity index (χ0n) is 17.7. The minimum atomic E-state index is -0.494. The first-order valence-electron chi connectivity index (χ1n) is 10.6. The molecule has 3 amide bonds. The van der Waals surface area contributed by atoms with Crippen LogP contribution in [0.5, 0.6) is 0 Å². The minimum Gasteiger partial charge on any atom is -0.345 e. The molecule has 1 saturated carbocycles. The molecular weight excluding hydrogens is 397 g/mol. The van der Waals surface area contributed by atoms with E-state index in [9.17, 15) is 18.8 Å². The molecule has 2 N–H and O–H groups in total. The van der Waals surface area contributed by atoms with Crippen molar-refractivity contribution >= 4 is 23.4 Å². The summed E-state index contributed by atoms with van der Waals surface area (Å²) in [6.07, 6.45) is 4.68. The molecule has 6 nitrogen and oxygen atoms in total. The zero-order valence-corrected chi connectivity index (χ0v) is 17.7. The van der Waals surface area contributed by atoms with Crippen LogP contribution in [0.1, 0.15) is 48.0 Å². The molecular formula is C24H28FN3O3. The summed E-state index contributed by atoms with van der Waals surface area (Å²) in [5.74, 6) is -1.63. The van der Waals surface area contributed by atoms with E-state index in [0.29, 0.717) is 5.69 Å². The van der Waals surface area contributed by atoms with E-state index in [4.69, 9.17) is 0 Å². The first-order chi connectivity index (χ1) is 14.9. The second kappa shape index (κ2) is 10.7. The SMILES string of the molecule is Cc1cccc(NC(=O)CNC(=O)CN(C(=O)c2cccc(F)c2)C2CCCCC2)c1. The Bertz CT molecular complexity index is 941. The van der Waals surface area contributed by atoms with E-state index >= 15 is 0 Å². The van der Waals surface area contributed by atoms with Crippen LogP contribution in [0, 0.1) is 12.7 Å². The lowest BCUT2D eigenvalue weighted by Gasteiger charge is -2.34. The van der Waals surface area contributed by atoms with Crippen LogP contribution in [-0.2, 0) is 9.59 Å². The second-order valence-electron chi connectivity index (χ2n) is 7.93. The van der Waals surface area contributed by atoms with Crippen LogP contribution in [0.15, 0.2) is 48.5 Å². The molecule has 1 aliphatic carbocycles. The van der Waals surface area contributed by atoms with Gasteiger partial charge in [-0.05, 0) is 55.7 Å². The molecule has 0 radical (unpaired) electrons. The number of nitrogens with zero attached hydrogens (tertiary/aromatic N) is 1. The third-order valence-corrected chi connectivity index (χ3v) is 5.41. The first kappa shape index (κ1) is 22.5. The molecule has 2 aromatic carbocycles. The fourth-order valence-corrected chi connectivity index (χ4v) is 3.86. The molecule has 3 rings (SSSR count). The molecule has 1 fully saturated rings. The lowest BCUT2D eigenvalue weighted by Crippen LogP contribution is -2.48. The summed E-state index contributed by atoms with van der Waals surface area (Å²) in [5, 5.41) is 5.32. The van der Waals surface area contributed by atoms with E-state index in [1.54, 1.807) is 12.1 Å². The molecule has 0 aromatic heterocycles. The maximum atomic E-state index is 13.6. The highest BCUT2D eigenvalue weighted by Crippen LogP contribution is 2.24. The van der Waals surface area contributed by atoms with Gasteiger partial charge < -0.3 is 15.5 Å². The standard InChI is InChI=1S/C24H28FN3O3/c1-17-7-5-10-20(13-17)27-22(29)15-26-23(30)16-28(21-11-3-2-4-12-21)24(31)18-8-6-9-19(25)14-18/h5-10,13-14,21H,2-4,11-12,15-16H2,1H3,(H,26,30)(H,27,29). The Morgan fingerprint density at radius 3 is 2.45 bits per heavy atom. The molecule has 31 heavy (non-hydrogen) atoms. The Morgan fingerprint density at radius 1 is 1.00 bits per heavy atom. The van der Waals surface area contributed by atoms with Crippen molar-refractivity contribution in [3.63, 3.8) is 0 Å². The van der Waals surface area contributed by atoms with Crippen molar-refractivity contribution in [3.8, 4) is 0 Å². The van der Waals surface area contributed by atoms with Gasteiger partial charge in [0.1, 0.15) is 12.4 Å². The minimum absolute atomic E-state index is 0.0728. The van der Waals surface area contributed by atoms with Crippen LogP contribution in [0.2, 0.25) is 0 Å². The quantitative estimate of drug-likeness (QED) is 0.711. The van der Waals surface area contributed by atoms with Gasteiger partial charge in [0.2, 0.25) is 11.8 Å². The number of amides is 3. The molecule has 0 saturated heterocycles. The summed E-state index contributed by atoms with van der Waals surface area (Å²) in [6, 6.07) is 12.8. The second-order valence-corrected chi connectivity index (χ2v) is 7.93. The van der Waals surface area contributed by atoms with Crippen LogP contribution < -0.4 is 10.6 Å². The summed E-state index contributed by atoms with van der Waals surface area (Å²) in [4.78, 5) is 39.3. The van der Waals surface area contributed by atoms with E-state index < -0.39 is 11.7 Å². The number of rotatable bonds is 7. The predicted molar refractivity (Wildman–Crippen MR) is 117 cm³/mol. The Morgan fingerprint density at radius 2 is 1.74 bits per heavy atom. The molecule has 0 aliphatic heterocycles.